The summed E-state index contributed by atoms with van der Waals surface area (Å²) in [5.74, 6) is 0.561. The van der Waals surface area contributed by atoms with Crippen LogP contribution >= 0.6 is 0 Å². The zero-order valence-electron chi connectivity index (χ0n) is 16.8. The molecule has 1 aliphatic heterocycles. The minimum Gasteiger partial charge on any atom is -0.396 e. The van der Waals surface area contributed by atoms with Crippen LogP contribution in [0.5, 0.6) is 0 Å². The first kappa shape index (κ1) is 19.6. The van der Waals surface area contributed by atoms with Crippen molar-refractivity contribution >= 4 is 11.6 Å². The van der Waals surface area contributed by atoms with Gasteiger partial charge >= 0.3 is 0 Å². The number of aliphatic hydroxyl groups is 2. The lowest BCUT2D eigenvalue weighted by Crippen LogP contribution is -2.55. The number of aryl methyl sites for hydroxylation is 1. The van der Waals surface area contributed by atoms with Crippen molar-refractivity contribution in [3.05, 3.63) is 42.2 Å². The van der Waals surface area contributed by atoms with Gasteiger partial charge in [-0.2, -0.15) is 0 Å². The molecule has 0 radical (unpaired) electrons. The standard InChI is InChI=1S/C21H27N5O3/c1-3-9-21(14-27)13-25(11-8-17(21)28)20(29)15-6-7-18-22-23-19(26(18)12-15)16-5-4-10-24(16)2/h4-7,10,12,17,27-28H,3,8-9,11,13-14H2,1-2H3/t17-,21+/m1/s1. The van der Waals surface area contributed by atoms with Crippen molar-refractivity contribution in [2.24, 2.45) is 12.5 Å². The van der Waals surface area contributed by atoms with Crippen LogP contribution in [0, 0.1) is 5.41 Å². The van der Waals surface area contributed by atoms with E-state index in [2.05, 4.69) is 10.2 Å². The number of likely N-dealkylation sites (tertiary alicyclic amines) is 1. The van der Waals surface area contributed by atoms with Crippen molar-refractivity contribution in [3.63, 3.8) is 0 Å². The zero-order valence-corrected chi connectivity index (χ0v) is 16.8. The Morgan fingerprint density at radius 3 is 2.83 bits per heavy atom. The molecule has 8 nitrogen and oxygen atoms in total. The summed E-state index contributed by atoms with van der Waals surface area (Å²) < 4.78 is 3.78. The number of hydrogen-bond donors (Lipinski definition) is 2. The van der Waals surface area contributed by atoms with Gasteiger partial charge in [-0.3, -0.25) is 9.20 Å². The maximum atomic E-state index is 13.2. The van der Waals surface area contributed by atoms with Crippen LogP contribution in [-0.2, 0) is 7.05 Å². The molecule has 1 amide bonds. The quantitative estimate of drug-likeness (QED) is 0.683. The molecule has 0 aromatic carbocycles. The number of pyridine rings is 1. The van der Waals surface area contributed by atoms with E-state index in [0.29, 0.717) is 43.0 Å². The number of aliphatic hydroxyl groups excluding tert-OH is 2. The fraction of sp³-hybridized carbons (Fsp3) is 0.476. The summed E-state index contributed by atoms with van der Waals surface area (Å²) in [4.78, 5) is 15.0. The van der Waals surface area contributed by atoms with E-state index in [1.54, 1.807) is 23.2 Å². The van der Waals surface area contributed by atoms with Gasteiger partial charge in [-0.05, 0) is 37.1 Å². The summed E-state index contributed by atoms with van der Waals surface area (Å²) in [7, 11) is 1.94. The second-order valence-corrected chi connectivity index (χ2v) is 7.98. The van der Waals surface area contributed by atoms with Gasteiger partial charge in [0.15, 0.2) is 11.5 Å². The Kier molecular flexibility index (Phi) is 5.14. The Labute approximate surface area is 169 Å². The van der Waals surface area contributed by atoms with Gasteiger partial charge in [0, 0.05) is 37.9 Å². The minimum absolute atomic E-state index is 0.112. The zero-order chi connectivity index (χ0) is 20.6. The van der Waals surface area contributed by atoms with Crippen LogP contribution in [-0.4, -0.2) is 66.0 Å². The third kappa shape index (κ3) is 3.32. The molecular formula is C21H27N5O3. The number of piperidine rings is 1. The van der Waals surface area contributed by atoms with Gasteiger partial charge in [0.1, 0.15) is 0 Å². The first-order valence-corrected chi connectivity index (χ1v) is 10.0. The second kappa shape index (κ2) is 7.61. The molecule has 2 N–H and O–H groups in total. The first-order valence-electron chi connectivity index (χ1n) is 10.0. The summed E-state index contributed by atoms with van der Waals surface area (Å²) in [5, 5.41) is 28.9. The number of carbonyl (C=O) groups is 1. The Morgan fingerprint density at radius 2 is 2.14 bits per heavy atom. The molecule has 1 fully saturated rings. The van der Waals surface area contributed by atoms with Crippen molar-refractivity contribution in [1.82, 2.24) is 24.1 Å². The summed E-state index contributed by atoms with van der Waals surface area (Å²) in [6.45, 7) is 2.71. The van der Waals surface area contributed by atoms with Gasteiger partial charge in [-0.1, -0.05) is 13.3 Å². The predicted molar refractivity (Wildman–Crippen MR) is 108 cm³/mol. The lowest BCUT2D eigenvalue weighted by molar-refractivity contribution is -0.0720. The Hall–Kier alpha value is -2.71. The molecule has 3 aromatic rings. The lowest BCUT2D eigenvalue weighted by Gasteiger charge is -2.45. The maximum Gasteiger partial charge on any atom is 0.255 e. The number of hydrogen-bond acceptors (Lipinski definition) is 5. The van der Waals surface area contributed by atoms with Crippen molar-refractivity contribution in [1.29, 1.82) is 0 Å². The molecule has 0 aliphatic carbocycles. The van der Waals surface area contributed by atoms with Crippen molar-refractivity contribution in [2.75, 3.05) is 19.7 Å². The number of rotatable bonds is 5. The van der Waals surface area contributed by atoms with E-state index >= 15 is 0 Å². The summed E-state index contributed by atoms with van der Waals surface area (Å²) in [5.41, 5.74) is 1.46. The van der Waals surface area contributed by atoms with E-state index < -0.39 is 11.5 Å². The highest BCUT2D eigenvalue weighted by atomic mass is 16.3. The third-order valence-electron chi connectivity index (χ3n) is 6.06. The summed E-state index contributed by atoms with van der Waals surface area (Å²) in [6, 6.07) is 7.44. The van der Waals surface area contributed by atoms with Crippen molar-refractivity contribution < 1.29 is 15.0 Å². The fourth-order valence-electron chi connectivity index (χ4n) is 4.37. The van der Waals surface area contributed by atoms with Gasteiger partial charge in [-0.25, -0.2) is 0 Å². The average molecular weight is 397 g/mol. The lowest BCUT2D eigenvalue weighted by atomic mass is 9.74. The monoisotopic (exact) mass is 397 g/mol. The van der Waals surface area contributed by atoms with Crippen LogP contribution < -0.4 is 0 Å². The molecular weight excluding hydrogens is 370 g/mol. The Balaban J connectivity index is 1.66. The van der Waals surface area contributed by atoms with Crippen LogP contribution in [0.3, 0.4) is 0 Å². The second-order valence-electron chi connectivity index (χ2n) is 7.98. The van der Waals surface area contributed by atoms with Gasteiger partial charge in [0.25, 0.3) is 5.91 Å². The molecule has 0 spiro atoms. The number of carbonyl (C=O) groups excluding carboxylic acids is 1. The maximum absolute atomic E-state index is 13.2. The van der Waals surface area contributed by atoms with Crippen LogP contribution in [0.4, 0.5) is 0 Å². The fourth-order valence-corrected chi connectivity index (χ4v) is 4.37. The van der Waals surface area contributed by atoms with Crippen molar-refractivity contribution in [3.8, 4) is 11.5 Å². The highest BCUT2D eigenvalue weighted by molar-refractivity contribution is 5.94. The molecule has 3 aromatic heterocycles. The van der Waals surface area contributed by atoms with Gasteiger partial charge < -0.3 is 19.7 Å². The summed E-state index contributed by atoms with van der Waals surface area (Å²) >= 11 is 0. The van der Waals surface area contributed by atoms with Crippen LogP contribution in [0.1, 0.15) is 36.5 Å². The van der Waals surface area contributed by atoms with Gasteiger partial charge in [0.05, 0.1) is 24.0 Å². The highest BCUT2D eigenvalue weighted by Crippen LogP contribution is 2.35. The molecule has 0 unspecified atom stereocenters. The van der Waals surface area contributed by atoms with E-state index in [4.69, 9.17) is 0 Å². The number of nitrogens with zero attached hydrogens (tertiary/aromatic N) is 5. The molecule has 29 heavy (non-hydrogen) atoms. The highest BCUT2D eigenvalue weighted by Gasteiger charge is 2.43. The molecule has 154 valence electrons. The van der Waals surface area contributed by atoms with Gasteiger partial charge in [-0.15, -0.1) is 10.2 Å². The molecule has 1 saturated heterocycles. The van der Waals surface area contributed by atoms with E-state index in [1.807, 2.05) is 41.3 Å². The van der Waals surface area contributed by atoms with E-state index in [0.717, 1.165) is 12.1 Å². The normalized spacial score (nSPS) is 22.3. The van der Waals surface area contributed by atoms with E-state index in [-0.39, 0.29) is 12.5 Å². The van der Waals surface area contributed by atoms with Crippen molar-refractivity contribution in [2.45, 2.75) is 32.3 Å². The smallest absolute Gasteiger partial charge is 0.255 e. The molecule has 4 heterocycles. The van der Waals surface area contributed by atoms with Gasteiger partial charge in [0.2, 0.25) is 0 Å². The molecule has 0 saturated carbocycles. The number of amides is 1. The Morgan fingerprint density at radius 1 is 1.31 bits per heavy atom. The molecule has 2 atom stereocenters. The minimum atomic E-state index is -0.655. The van der Waals surface area contributed by atoms with Crippen LogP contribution in [0.15, 0.2) is 36.7 Å². The molecule has 1 aliphatic rings. The first-order chi connectivity index (χ1) is 14.0. The van der Waals surface area contributed by atoms with E-state index in [9.17, 15) is 15.0 Å². The third-order valence-corrected chi connectivity index (χ3v) is 6.06. The van der Waals surface area contributed by atoms with E-state index in [1.165, 1.54) is 0 Å². The predicted octanol–water partition coefficient (Wildman–Crippen LogP) is 1.72. The topological polar surface area (TPSA) is 95.9 Å². The molecule has 0 bridgehead atoms. The summed E-state index contributed by atoms with van der Waals surface area (Å²) in [6.07, 6.45) is 5.09. The SMILES string of the molecule is CCC[C@@]1(CO)CN(C(=O)c2ccc3nnc(-c4cccn4C)n3c2)CC[C@H]1O. The molecule has 4 rings (SSSR count). The number of aromatic nitrogens is 4. The average Bonchev–Trinajstić information content (AvgIpc) is 3.34. The Bertz CT molecular complexity index is 1030. The molecule has 8 heteroatoms. The van der Waals surface area contributed by atoms with Crippen LogP contribution in [0.25, 0.3) is 17.2 Å². The van der Waals surface area contributed by atoms with Crippen LogP contribution in [0.2, 0.25) is 0 Å². The number of fused-ring (bicyclic) bond motifs is 1. The largest absolute Gasteiger partial charge is 0.396 e.